The molecule has 0 bridgehead atoms. The molecule has 0 aromatic heterocycles. The van der Waals surface area contributed by atoms with Crippen LogP contribution in [0.2, 0.25) is 0 Å². The molecule has 0 fully saturated rings. The predicted octanol–water partition coefficient (Wildman–Crippen LogP) is 1.84. The average molecular weight is 320 g/mol. The van der Waals surface area contributed by atoms with Gasteiger partial charge in [-0.3, -0.25) is 0 Å². The molecule has 0 saturated carbocycles. The molecule has 0 heterocycles. The molecule has 0 saturated heterocycles. The molecule has 0 spiro atoms. The Morgan fingerprint density at radius 1 is 0.667 bits per heavy atom. The molecule has 0 amide bonds. The van der Waals surface area contributed by atoms with Crippen molar-refractivity contribution in [3.05, 3.63) is 59.7 Å². The topological polar surface area (TPSA) is 6.48 Å². The molecule has 0 aliphatic heterocycles. The maximum absolute atomic E-state index is 2.28. The van der Waals surface area contributed by atoms with Gasteiger partial charge in [-0.05, 0) is 0 Å². The van der Waals surface area contributed by atoms with E-state index in [1.807, 2.05) is 0 Å². The molecule has 3 heteroatoms. The fraction of sp³-hybridized carbons (Fsp3) is 0.333. The Morgan fingerprint density at radius 2 is 1.05 bits per heavy atom. The Morgan fingerprint density at radius 3 is 1.43 bits per heavy atom. The number of rotatable bonds is 6. The van der Waals surface area contributed by atoms with Gasteiger partial charge in [0.25, 0.3) is 0 Å². The van der Waals surface area contributed by atoms with E-state index in [9.17, 15) is 0 Å². The van der Waals surface area contributed by atoms with Gasteiger partial charge in [-0.2, -0.15) is 0 Å². The molecular formula is C18H24CrN2. The summed E-state index contributed by atoms with van der Waals surface area (Å²) in [5, 5.41) is 0. The zero-order chi connectivity index (χ0) is 15.2. The zero-order valence-corrected chi connectivity index (χ0v) is 14.6. The molecule has 0 unspecified atom stereocenters. The van der Waals surface area contributed by atoms with Crippen molar-refractivity contribution in [1.29, 1.82) is 0 Å². The molecule has 2 nitrogen and oxygen atoms in total. The molecule has 0 aliphatic carbocycles. The van der Waals surface area contributed by atoms with Crippen molar-refractivity contribution in [3.63, 3.8) is 0 Å². The number of hydrogen-bond acceptors (Lipinski definition) is 2. The first-order valence-electron chi connectivity index (χ1n) is 7.19. The summed E-state index contributed by atoms with van der Waals surface area (Å²) in [6.45, 7) is 2.02. The van der Waals surface area contributed by atoms with Crippen LogP contribution in [0.25, 0.3) is 0 Å². The maximum atomic E-state index is 2.28. The Labute approximate surface area is 135 Å². The molecule has 2 aromatic rings. The van der Waals surface area contributed by atoms with Crippen LogP contribution in [0.5, 0.6) is 0 Å². The second-order valence-corrected chi connectivity index (χ2v) is 7.49. The summed E-state index contributed by atoms with van der Waals surface area (Å²) in [4.78, 5) is 4.47. The van der Waals surface area contributed by atoms with Crippen molar-refractivity contribution in [2.75, 3.05) is 28.2 Å². The number of benzene rings is 2. The van der Waals surface area contributed by atoms with Gasteiger partial charge < -0.3 is 0 Å². The van der Waals surface area contributed by atoms with Crippen LogP contribution in [-0.4, -0.2) is 38.0 Å². The van der Waals surface area contributed by atoms with Crippen LogP contribution in [0.3, 0.4) is 0 Å². The summed E-state index contributed by atoms with van der Waals surface area (Å²) in [5.41, 5.74) is 2.89. The minimum absolute atomic E-state index is 0.360. The quantitative estimate of drug-likeness (QED) is 0.801. The summed E-state index contributed by atoms with van der Waals surface area (Å²) in [7, 11) is 8.51. The summed E-state index contributed by atoms with van der Waals surface area (Å²) in [6.07, 6.45) is 0. The van der Waals surface area contributed by atoms with Gasteiger partial charge in [-0.25, -0.2) is 0 Å². The molecule has 0 aliphatic rings. The van der Waals surface area contributed by atoms with Gasteiger partial charge in [0.05, 0.1) is 0 Å². The van der Waals surface area contributed by atoms with E-state index in [1.165, 1.54) is 20.0 Å². The first-order valence-corrected chi connectivity index (χ1v) is 8.47. The average Bonchev–Trinajstić information content (AvgIpc) is 2.42. The Hall–Kier alpha value is -1.11. The zero-order valence-electron chi connectivity index (χ0n) is 13.3. The van der Waals surface area contributed by atoms with Crippen LogP contribution in [0, 0.1) is 0 Å². The van der Waals surface area contributed by atoms with Crippen molar-refractivity contribution in [2.24, 2.45) is 0 Å². The van der Waals surface area contributed by atoms with E-state index in [0.29, 0.717) is 15.2 Å². The van der Waals surface area contributed by atoms with Gasteiger partial charge in [0.2, 0.25) is 0 Å². The van der Waals surface area contributed by atoms with Crippen LogP contribution >= 0.6 is 0 Å². The summed E-state index contributed by atoms with van der Waals surface area (Å²) in [6, 6.07) is 17.7. The van der Waals surface area contributed by atoms with E-state index in [4.69, 9.17) is 0 Å². The van der Waals surface area contributed by atoms with Gasteiger partial charge in [-0.1, -0.05) is 0 Å². The number of nitrogens with zero attached hydrogens (tertiary/aromatic N) is 2. The van der Waals surface area contributed by atoms with Crippen LogP contribution in [0.15, 0.2) is 48.5 Å². The van der Waals surface area contributed by atoms with E-state index in [0.717, 1.165) is 13.1 Å². The van der Waals surface area contributed by atoms with E-state index in [2.05, 4.69) is 86.5 Å². The van der Waals surface area contributed by atoms with Gasteiger partial charge in [-0.15, -0.1) is 0 Å². The Bertz CT molecular complexity index is 527. The van der Waals surface area contributed by atoms with E-state index in [-0.39, 0.29) is 0 Å². The third-order valence-electron chi connectivity index (χ3n) is 3.14. The van der Waals surface area contributed by atoms with Gasteiger partial charge in [0, 0.05) is 0 Å². The van der Waals surface area contributed by atoms with Crippen molar-refractivity contribution >= 4 is 8.85 Å². The van der Waals surface area contributed by atoms with Crippen molar-refractivity contribution in [3.8, 4) is 0 Å². The van der Waals surface area contributed by atoms with E-state index in [1.54, 1.807) is 0 Å². The molecule has 2 rings (SSSR count). The Balaban J connectivity index is 2.26. The molecule has 21 heavy (non-hydrogen) atoms. The second kappa shape index (κ2) is 7.77. The molecular weight excluding hydrogens is 296 g/mol. The van der Waals surface area contributed by atoms with Crippen LogP contribution in [0.4, 0.5) is 0 Å². The second-order valence-electron chi connectivity index (χ2n) is 5.79. The van der Waals surface area contributed by atoms with Crippen molar-refractivity contribution in [2.45, 2.75) is 13.1 Å². The first-order chi connectivity index (χ1) is 10.1. The standard InChI is InChI=1S/2C9H12N.Cr/c2*1-10(2)8-9-6-4-3-5-7-9;/h2*3-6H,8H2,1-2H3;. The summed E-state index contributed by atoms with van der Waals surface area (Å²) in [5.74, 6) is 0. The fourth-order valence-corrected chi connectivity index (χ4v) is 3.92. The molecule has 2 aromatic carbocycles. The van der Waals surface area contributed by atoms with Crippen LogP contribution in [-0.2, 0) is 28.3 Å². The van der Waals surface area contributed by atoms with E-state index < -0.39 is 0 Å². The molecule has 0 radical (unpaired) electrons. The first kappa shape index (κ1) is 16.3. The van der Waals surface area contributed by atoms with Gasteiger partial charge in [0.15, 0.2) is 0 Å². The summed E-state index contributed by atoms with van der Waals surface area (Å²) < 4.78 is 2.98. The Kier molecular flexibility index (Phi) is 6.02. The monoisotopic (exact) mass is 320 g/mol. The SMILES string of the molecule is CN(C)Cc1cccc[c]1[Cr][c]1ccccc1CN(C)C. The molecule has 0 atom stereocenters. The van der Waals surface area contributed by atoms with Crippen molar-refractivity contribution < 1.29 is 15.2 Å². The minimum atomic E-state index is 0.360. The summed E-state index contributed by atoms with van der Waals surface area (Å²) >= 11 is 0.360. The fourth-order valence-electron chi connectivity index (χ4n) is 2.27. The van der Waals surface area contributed by atoms with Crippen LogP contribution in [0.1, 0.15) is 11.1 Å². The van der Waals surface area contributed by atoms with Gasteiger partial charge >= 0.3 is 135 Å². The normalized spacial score (nSPS) is 11.3. The van der Waals surface area contributed by atoms with Crippen molar-refractivity contribution in [1.82, 2.24) is 9.80 Å². The third kappa shape index (κ3) is 4.98. The number of hydrogen-bond donors (Lipinski definition) is 0. The predicted molar refractivity (Wildman–Crippen MR) is 86.9 cm³/mol. The van der Waals surface area contributed by atoms with E-state index >= 15 is 0 Å². The third-order valence-corrected chi connectivity index (χ3v) is 5.07. The molecule has 112 valence electrons. The van der Waals surface area contributed by atoms with Crippen LogP contribution < -0.4 is 8.85 Å². The molecule has 0 N–H and O–H groups in total. The van der Waals surface area contributed by atoms with Gasteiger partial charge in [0.1, 0.15) is 0 Å².